The van der Waals surface area contributed by atoms with E-state index in [4.69, 9.17) is 18.9 Å². The lowest BCUT2D eigenvalue weighted by atomic mass is 10.0. The Morgan fingerprint density at radius 2 is 2.08 bits per heavy atom. The summed E-state index contributed by atoms with van der Waals surface area (Å²) in [6.45, 7) is 0.458. The van der Waals surface area contributed by atoms with Gasteiger partial charge < -0.3 is 24.1 Å². The van der Waals surface area contributed by atoms with Crippen LogP contribution in [0, 0.1) is 0 Å². The number of hydrogen-bond acceptors (Lipinski definition) is 5. The molecule has 0 aromatic rings. The number of aliphatic hydroxyl groups is 1. The van der Waals surface area contributed by atoms with Crippen molar-refractivity contribution in [2.45, 2.75) is 30.7 Å². The number of fused-ring (bicyclic) bond motifs is 2. The summed E-state index contributed by atoms with van der Waals surface area (Å²) in [5, 5.41) is 9.70. The minimum Gasteiger partial charge on any atom is -0.385 e. The molecular formula is C8H14O5. The third kappa shape index (κ3) is 1.37. The number of ether oxygens (including phenoxy) is 4. The highest BCUT2D eigenvalue weighted by Crippen LogP contribution is 2.31. The summed E-state index contributed by atoms with van der Waals surface area (Å²) in [6, 6.07) is 0. The van der Waals surface area contributed by atoms with Crippen molar-refractivity contribution in [1.82, 2.24) is 0 Å². The molecular weight excluding hydrogens is 176 g/mol. The molecule has 0 spiro atoms. The normalized spacial score (nSPS) is 49.6. The average molecular weight is 190 g/mol. The molecule has 5 heteroatoms. The molecule has 76 valence electrons. The topological polar surface area (TPSA) is 57.2 Å². The smallest absolute Gasteiger partial charge is 0.186 e. The molecule has 2 aliphatic rings. The molecule has 2 fully saturated rings. The highest BCUT2D eigenvalue weighted by atomic mass is 16.7. The van der Waals surface area contributed by atoms with Crippen LogP contribution in [-0.2, 0) is 18.9 Å². The van der Waals surface area contributed by atoms with Gasteiger partial charge in [0.2, 0.25) is 0 Å². The van der Waals surface area contributed by atoms with Crippen molar-refractivity contribution in [3.05, 3.63) is 0 Å². The molecule has 2 saturated heterocycles. The third-order valence-corrected chi connectivity index (χ3v) is 2.57. The van der Waals surface area contributed by atoms with E-state index in [1.807, 2.05) is 0 Å². The first-order valence-electron chi connectivity index (χ1n) is 4.28. The van der Waals surface area contributed by atoms with Gasteiger partial charge in [0.05, 0.1) is 6.61 Å². The molecule has 0 amide bonds. The zero-order valence-corrected chi connectivity index (χ0v) is 7.67. The van der Waals surface area contributed by atoms with Crippen LogP contribution in [-0.4, -0.2) is 56.6 Å². The van der Waals surface area contributed by atoms with Crippen LogP contribution in [0.4, 0.5) is 0 Å². The standard InChI is InChI=1S/C8H14O5/c1-10-6-4-3-12-7(6)5(9)8(11-2)13-4/h4-9H,3H2,1-2H3/t4-,5-,6+,7-,8+/m1/s1. The number of rotatable bonds is 2. The zero-order chi connectivity index (χ0) is 9.42. The molecule has 2 heterocycles. The van der Waals surface area contributed by atoms with Crippen LogP contribution >= 0.6 is 0 Å². The maximum Gasteiger partial charge on any atom is 0.186 e. The van der Waals surface area contributed by atoms with Crippen LogP contribution in [0.1, 0.15) is 0 Å². The predicted molar refractivity (Wildman–Crippen MR) is 42.2 cm³/mol. The van der Waals surface area contributed by atoms with Crippen molar-refractivity contribution in [1.29, 1.82) is 0 Å². The Balaban J connectivity index is 2.11. The minimum absolute atomic E-state index is 0.122. The summed E-state index contributed by atoms with van der Waals surface area (Å²) in [4.78, 5) is 0. The first kappa shape index (κ1) is 9.36. The summed E-state index contributed by atoms with van der Waals surface area (Å²) in [7, 11) is 3.09. The largest absolute Gasteiger partial charge is 0.385 e. The van der Waals surface area contributed by atoms with Crippen molar-refractivity contribution < 1.29 is 24.1 Å². The summed E-state index contributed by atoms with van der Waals surface area (Å²) < 4.78 is 20.9. The van der Waals surface area contributed by atoms with E-state index in [9.17, 15) is 5.11 Å². The fraction of sp³-hybridized carbons (Fsp3) is 1.00. The maximum atomic E-state index is 9.70. The van der Waals surface area contributed by atoms with Gasteiger partial charge in [-0.3, -0.25) is 0 Å². The Morgan fingerprint density at radius 3 is 2.69 bits per heavy atom. The summed E-state index contributed by atoms with van der Waals surface area (Å²) in [5.41, 5.74) is 0. The Bertz CT molecular complexity index is 185. The Kier molecular flexibility index (Phi) is 2.53. The Hall–Kier alpha value is -0.200. The van der Waals surface area contributed by atoms with Crippen molar-refractivity contribution >= 4 is 0 Å². The highest BCUT2D eigenvalue weighted by Gasteiger charge is 2.51. The van der Waals surface area contributed by atoms with Gasteiger partial charge in [0.15, 0.2) is 6.29 Å². The van der Waals surface area contributed by atoms with E-state index in [0.717, 1.165) is 0 Å². The van der Waals surface area contributed by atoms with Crippen LogP contribution < -0.4 is 0 Å². The van der Waals surface area contributed by atoms with E-state index in [1.54, 1.807) is 7.11 Å². The molecule has 5 atom stereocenters. The number of hydrogen-bond donors (Lipinski definition) is 1. The molecule has 0 aromatic heterocycles. The van der Waals surface area contributed by atoms with Gasteiger partial charge in [-0.05, 0) is 0 Å². The molecule has 0 radical (unpaired) electrons. The molecule has 2 rings (SSSR count). The number of aliphatic hydroxyl groups excluding tert-OH is 1. The van der Waals surface area contributed by atoms with E-state index in [1.165, 1.54) is 7.11 Å². The first-order valence-corrected chi connectivity index (χ1v) is 4.28. The van der Waals surface area contributed by atoms with Crippen molar-refractivity contribution in [3.63, 3.8) is 0 Å². The molecule has 1 N–H and O–H groups in total. The predicted octanol–water partition coefficient (Wildman–Crippen LogP) is -0.868. The van der Waals surface area contributed by atoms with E-state index >= 15 is 0 Å². The quantitative estimate of drug-likeness (QED) is 0.613. The SMILES string of the molecule is CO[C@H]1O[C@@H]2CO[C@H]([C@H]1O)[C@H]2OC. The van der Waals surface area contributed by atoms with E-state index in [0.29, 0.717) is 6.61 Å². The summed E-state index contributed by atoms with van der Waals surface area (Å²) >= 11 is 0. The van der Waals surface area contributed by atoms with Crippen LogP contribution in [0.25, 0.3) is 0 Å². The first-order chi connectivity index (χ1) is 6.27. The Morgan fingerprint density at radius 1 is 1.31 bits per heavy atom. The van der Waals surface area contributed by atoms with Crippen molar-refractivity contribution in [3.8, 4) is 0 Å². The van der Waals surface area contributed by atoms with Crippen molar-refractivity contribution in [2.24, 2.45) is 0 Å². The molecule has 0 aromatic carbocycles. The molecule has 2 bridgehead atoms. The van der Waals surface area contributed by atoms with Gasteiger partial charge >= 0.3 is 0 Å². The minimum atomic E-state index is -0.770. The highest BCUT2D eigenvalue weighted by molar-refractivity contribution is 4.95. The molecule has 0 unspecified atom stereocenters. The van der Waals surface area contributed by atoms with E-state index in [-0.39, 0.29) is 18.3 Å². The lowest BCUT2D eigenvalue weighted by Gasteiger charge is -2.35. The summed E-state index contributed by atoms with van der Waals surface area (Å²) in [6.07, 6.45) is -1.99. The second-order valence-corrected chi connectivity index (χ2v) is 3.27. The number of methoxy groups -OCH3 is 2. The van der Waals surface area contributed by atoms with Gasteiger partial charge in [-0.1, -0.05) is 0 Å². The third-order valence-electron chi connectivity index (χ3n) is 2.57. The fourth-order valence-corrected chi connectivity index (χ4v) is 1.91. The second kappa shape index (κ2) is 3.51. The van der Waals surface area contributed by atoms with Gasteiger partial charge in [0.25, 0.3) is 0 Å². The van der Waals surface area contributed by atoms with Crippen LogP contribution in [0.2, 0.25) is 0 Å². The van der Waals surface area contributed by atoms with E-state index in [2.05, 4.69) is 0 Å². The maximum absolute atomic E-state index is 9.70. The van der Waals surface area contributed by atoms with Gasteiger partial charge in [-0.25, -0.2) is 0 Å². The van der Waals surface area contributed by atoms with Crippen LogP contribution in [0.5, 0.6) is 0 Å². The zero-order valence-electron chi connectivity index (χ0n) is 7.67. The van der Waals surface area contributed by atoms with Gasteiger partial charge in [0.1, 0.15) is 24.4 Å². The second-order valence-electron chi connectivity index (χ2n) is 3.27. The van der Waals surface area contributed by atoms with Gasteiger partial charge in [0, 0.05) is 14.2 Å². The monoisotopic (exact) mass is 190 g/mol. The van der Waals surface area contributed by atoms with Gasteiger partial charge in [-0.2, -0.15) is 0 Å². The molecule has 0 saturated carbocycles. The lowest BCUT2D eigenvalue weighted by Crippen LogP contribution is -2.54. The lowest BCUT2D eigenvalue weighted by molar-refractivity contribution is -0.256. The van der Waals surface area contributed by atoms with Gasteiger partial charge in [-0.15, -0.1) is 0 Å². The molecule has 13 heavy (non-hydrogen) atoms. The molecule has 5 nitrogen and oxygen atoms in total. The van der Waals surface area contributed by atoms with Crippen LogP contribution in [0.15, 0.2) is 0 Å². The van der Waals surface area contributed by atoms with E-state index < -0.39 is 12.4 Å². The Labute approximate surface area is 76.5 Å². The van der Waals surface area contributed by atoms with Crippen LogP contribution in [0.3, 0.4) is 0 Å². The fourth-order valence-electron chi connectivity index (χ4n) is 1.91. The molecule has 0 aliphatic carbocycles. The molecule has 2 aliphatic heterocycles. The van der Waals surface area contributed by atoms with Crippen molar-refractivity contribution in [2.75, 3.05) is 20.8 Å². The summed E-state index contributed by atoms with van der Waals surface area (Å²) in [5.74, 6) is 0. The average Bonchev–Trinajstić information content (AvgIpc) is 2.48.